The molecule has 2 aromatic rings. The van der Waals surface area contributed by atoms with Gasteiger partial charge in [-0.05, 0) is 31.7 Å². The molecule has 1 aromatic heterocycles. The number of amides is 1. The molecular formula is C17H22N4O. The Morgan fingerprint density at radius 3 is 2.68 bits per heavy atom. The van der Waals surface area contributed by atoms with Crippen molar-refractivity contribution in [3.63, 3.8) is 0 Å². The lowest BCUT2D eigenvalue weighted by Crippen LogP contribution is -2.50. The van der Waals surface area contributed by atoms with Gasteiger partial charge >= 0.3 is 0 Å². The van der Waals surface area contributed by atoms with Crippen molar-refractivity contribution in [2.45, 2.75) is 50.6 Å². The van der Waals surface area contributed by atoms with Crippen molar-refractivity contribution in [1.82, 2.24) is 20.1 Å². The maximum atomic E-state index is 12.6. The van der Waals surface area contributed by atoms with Gasteiger partial charge in [-0.25, -0.2) is 9.67 Å². The smallest absolute Gasteiger partial charge is 0.245 e. The third-order valence-electron chi connectivity index (χ3n) is 4.55. The molecule has 5 nitrogen and oxygen atoms in total. The molecule has 1 atom stereocenters. The van der Waals surface area contributed by atoms with Crippen LogP contribution < -0.4 is 5.32 Å². The zero-order valence-electron chi connectivity index (χ0n) is 12.9. The molecule has 1 fully saturated rings. The van der Waals surface area contributed by atoms with E-state index in [0.29, 0.717) is 0 Å². The summed E-state index contributed by atoms with van der Waals surface area (Å²) in [7, 11) is 0. The number of nitrogens with one attached hydrogen (secondary N) is 1. The fourth-order valence-electron chi connectivity index (χ4n) is 3.29. The van der Waals surface area contributed by atoms with Crippen molar-refractivity contribution in [2.75, 3.05) is 0 Å². The van der Waals surface area contributed by atoms with Gasteiger partial charge in [0.2, 0.25) is 5.91 Å². The van der Waals surface area contributed by atoms with Crippen LogP contribution in [0.2, 0.25) is 0 Å². The predicted molar refractivity (Wildman–Crippen MR) is 84.2 cm³/mol. The molecule has 3 rings (SSSR count). The van der Waals surface area contributed by atoms with Crippen molar-refractivity contribution >= 4 is 5.91 Å². The summed E-state index contributed by atoms with van der Waals surface area (Å²) in [6, 6.07) is 10.1. The van der Waals surface area contributed by atoms with E-state index in [4.69, 9.17) is 0 Å². The zero-order valence-corrected chi connectivity index (χ0v) is 12.9. The lowest BCUT2D eigenvalue weighted by molar-refractivity contribution is -0.126. The minimum absolute atomic E-state index is 0.0170. The van der Waals surface area contributed by atoms with Crippen molar-refractivity contribution in [2.24, 2.45) is 0 Å². The average molecular weight is 298 g/mol. The van der Waals surface area contributed by atoms with Crippen molar-refractivity contribution < 1.29 is 4.79 Å². The largest absolute Gasteiger partial charge is 0.348 e. The maximum Gasteiger partial charge on any atom is 0.245 e. The second-order valence-electron chi connectivity index (χ2n) is 6.19. The molecule has 116 valence electrons. The number of hydrogen-bond donors (Lipinski definition) is 1. The molecule has 1 aliphatic rings. The lowest BCUT2D eigenvalue weighted by Gasteiger charge is -2.32. The number of carbonyl (C=O) groups is 1. The summed E-state index contributed by atoms with van der Waals surface area (Å²) in [4.78, 5) is 16.5. The standard InChI is InChI=1S/C17H22N4O/c1-14(21-13-18-12-19-21)16(22)20-17(9-5-6-10-17)11-15-7-3-2-4-8-15/h2-4,7-8,12-14H,5-6,9-11H2,1H3,(H,20,22)/t14-/m0/s1. The molecule has 1 amide bonds. The third kappa shape index (κ3) is 3.18. The molecule has 5 heteroatoms. The number of benzene rings is 1. The molecule has 0 saturated heterocycles. The van der Waals surface area contributed by atoms with E-state index < -0.39 is 0 Å². The molecule has 1 aromatic carbocycles. The second-order valence-corrected chi connectivity index (χ2v) is 6.19. The van der Waals surface area contributed by atoms with Gasteiger partial charge in [0.15, 0.2) is 0 Å². The van der Waals surface area contributed by atoms with Crippen LogP contribution in [-0.2, 0) is 11.2 Å². The van der Waals surface area contributed by atoms with E-state index in [1.54, 1.807) is 11.0 Å². The van der Waals surface area contributed by atoms with Crippen LogP contribution in [0, 0.1) is 0 Å². The van der Waals surface area contributed by atoms with Gasteiger partial charge in [-0.1, -0.05) is 43.2 Å². The van der Waals surface area contributed by atoms with E-state index in [1.807, 2.05) is 13.0 Å². The summed E-state index contributed by atoms with van der Waals surface area (Å²) >= 11 is 0. The van der Waals surface area contributed by atoms with E-state index in [1.165, 1.54) is 24.7 Å². The highest BCUT2D eigenvalue weighted by atomic mass is 16.2. The van der Waals surface area contributed by atoms with Gasteiger partial charge in [-0.15, -0.1) is 0 Å². The fraction of sp³-hybridized carbons (Fsp3) is 0.471. The van der Waals surface area contributed by atoms with Crippen LogP contribution in [0.5, 0.6) is 0 Å². The molecule has 0 aliphatic heterocycles. The summed E-state index contributed by atoms with van der Waals surface area (Å²) in [5, 5.41) is 7.36. The van der Waals surface area contributed by atoms with Gasteiger partial charge in [0, 0.05) is 5.54 Å². The molecule has 1 saturated carbocycles. The highest BCUT2D eigenvalue weighted by Crippen LogP contribution is 2.33. The van der Waals surface area contributed by atoms with Crippen molar-refractivity contribution in [1.29, 1.82) is 0 Å². The Bertz CT molecular complexity index is 603. The summed E-state index contributed by atoms with van der Waals surface area (Å²) in [6.45, 7) is 1.86. The fourth-order valence-corrected chi connectivity index (χ4v) is 3.29. The number of aromatic nitrogens is 3. The van der Waals surface area contributed by atoms with Gasteiger partial charge in [0.05, 0.1) is 0 Å². The number of carbonyl (C=O) groups excluding carboxylic acids is 1. The second kappa shape index (κ2) is 6.30. The first-order valence-corrected chi connectivity index (χ1v) is 7.89. The van der Waals surface area contributed by atoms with Crippen LogP contribution in [0.1, 0.15) is 44.2 Å². The summed E-state index contributed by atoms with van der Waals surface area (Å²) in [6.07, 6.45) is 8.36. The molecule has 0 radical (unpaired) electrons. The topological polar surface area (TPSA) is 59.8 Å². The predicted octanol–water partition coefficient (Wildman–Crippen LogP) is 2.51. The zero-order chi connectivity index (χ0) is 15.4. The normalized spacial score (nSPS) is 18.0. The first-order valence-electron chi connectivity index (χ1n) is 7.89. The highest BCUT2D eigenvalue weighted by Gasteiger charge is 2.36. The van der Waals surface area contributed by atoms with Crippen LogP contribution in [0.25, 0.3) is 0 Å². The number of rotatable bonds is 5. The summed E-state index contributed by atoms with van der Waals surface area (Å²) < 4.78 is 1.60. The Hall–Kier alpha value is -2.17. The lowest BCUT2D eigenvalue weighted by atomic mass is 9.88. The van der Waals surface area contributed by atoms with E-state index in [9.17, 15) is 4.79 Å². The highest BCUT2D eigenvalue weighted by molar-refractivity contribution is 5.80. The van der Waals surface area contributed by atoms with Gasteiger partial charge in [-0.3, -0.25) is 4.79 Å². The van der Waals surface area contributed by atoms with Gasteiger partial charge in [0.1, 0.15) is 18.7 Å². The quantitative estimate of drug-likeness (QED) is 0.922. The summed E-state index contributed by atoms with van der Waals surface area (Å²) in [5.74, 6) is 0.0170. The van der Waals surface area contributed by atoms with Crippen molar-refractivity contribution in [3.05, 3.63) is 48.5 Å². The van der Waals surface area contributed by atoms with Crippen molar-refractivity contribution in [3.8, 4) is 0 Å². The van der Waals surface area contributed by atoms with E-state index in [0.717, 1.165) is 19.3 Å². The van der Waals surface area contributed by atoms with Crippen LogP contribution in [0.3, 0.4) is 0 Å². The van der Waals surface area contributed by atoms with Crippen LogP contribution >= 0.6 is 0 Å². The van der Waals surface area contributed by atoms with Gasteiger partial charge < -0.3 is 5.32 Å². The molecular weight excluding hydrogens is 276 g/mol. The van der Waals surface area contributed by atoms with Gasteiger partial charge in [-0.2, -0.15) is 5.10 Å². The Labute approximate surface area is 130 Å². The first-order chi connectivity index (χ1) is 10.7. The number of hydrogen-bond acceptors (Lipinski definition) is 3. The Morgan fingerprint density at radius 1 is 1.32 bits per heavy atom. The average Bonchev–Trinajstić information content (AvgIpc) is 3.19. The SMILES string of the molecule is C[C@@H](C(=O)NC1(Cc2ccccc2)CCCC1)n1cncn1. The van der Waals surface area contributed by atoms with E-state index in [-0.39, 0.29) is 17.5 Å². The maximum absolute atomic E-state index is 12.6. The molecule has 0 unspecified atom stereocenters. The van der Waals surface area contributed by atoms with Crippen LogP contribution in [-0.4, -0.2) is 26.2 Å². The minimum atomic E-state index is -0.337. The Balaban J connectivity index is 1.73. The van der Waals surface area contributed by atoms with E-state index in [2.05, 4.69) is 39.7 Å². The Kier molecular flexibility index (Phi) is 4.22. The molecule has 1 N–H and O–H groups in total. The number of nitrogens with zero attached hydrogens (tertiary/aromatic N) is 3. The van der Waals surface area contributed by atoms with Crippen LogP contribution in [0.15, 0.2) is 43.0 Å². The molecule has 0 spiro atoms. The Morgan fingerprint density at radius 2 is 2.05 bits per heavy atom. The molecule has 1 heterocycles. The molecule has 0 bridgehead atoms. The van der Waals surface area contributed by atoms with Crippen LogP contribution in [0.4, 0.5) is 0 Å². The van der Waals surface area contributed by atoms with Gasteiger partial charge in [0.25, 0.3) is 0 Å². The third-order valence-corrected chi connectivity index (χ3v) is 4.55. The van der Waals surface area contributed by atoms with E-state index >= 15 is 0 Å². The minimum Gasteiger partial charge on any atom is -0.348 e. The first kappa shape index (κ1) is 14.8. The molecule has 1 aliphatic carbocycles. The monoisotopic (exact) mass is 298 g/mol. The molecule has 22 heavy (non-hydrogen) atoms. The summed E-state index contributed by atoms with van der Waals surface area (Å²) in [5.41, 5.74) is 1.16.